The summed E-state index contributed by atoms with van der Waals surface area (Å²) in [7, 11) is 0. The SMILES string of the molecule is O=C1C(n2cc(Cl)c(=O)[nH]c2=O)CCN1CC(F)(F)F. The molecule has 0 radical (unpaired) electrons. The van der Waals surface area contributed by atoms with Gasteiger partial charge in [-0.25, -0.2) is 4.79 Å². The fourth-order valence-electron chi connectivity index (χ4n) is 2.05. The van der Waals surface area contributed by atoms with Gasteiger partial charge in [0.1, 0.15) is 17.6 Å². The molecule has 1 atom stereocenters. The topological polar surface area (TPSA) is 75.2 Å². The van der Waals surface area contributed by atoms with Crippen molar-refractivity contribution in [2.75, 3.05) is 13.1 Å². The van der Waals surface area contributed by atoms with Crippen molar-refractivity contribution in [2.24, 2.45) is 0 Å². The molecule has 1 aliphatic rings. The van der Waals surface area contributed by atoms with Gasteiger partial charge in [-0.1, -0.05) is 11.6 Å². The van der Waals surface area contributed by atoms with E-state index >= 15 is 0 Å². The van der Waals surface area contributed by atoms with Crippen molar-refractivity contribution in [2.45, 2.75) is 18.6 Å². The number of carbonyl (C=O) groups is 1. The molecule has 1 N–H and O–H groups in total. The predicted molar refractivity (Wildman–Crippen MR) is 62.6 cm³/mol. The molecule has 1 aromatic rings. The van der Waals surface area contributed by atoms with Gasteiger partial charge in [-0.2, -0.15) is 13.2 Å². The van der Waals surface area contributed by atoms with Crippen LogP contribution in [0.25, 0.3) is 0 Å². The Labute approximate surface area is 114 Å². The third-order valence-corrected chi connectivity index (χ3v) is 3.17. The van der Waals surface area contributed by atoms with Gasteiger partial charge >= 0.3 is 11.9 Å². The lowest BCUT2D eigenvalue weighted by Gasteiger charge is -2.18. The van der Waals surface area contributed by atoms with Crippen molar-refractivity contribution in [3.05, 3.63) is 32.1 Å². The highest BCUT2D eigenvalue weighted by Gasteiger charge is 2.40. The monoisotopic (exact) mass is 311 g/mol. The van der Waals surface area contributed by atoms with Crippen molar-refractivity contribution < 1.29 is 18.0 Å². The van der Waals surface area contributed by atoms with E-state index in [9.17, 15) is 27.6 Å². The number of aromatic nitrogens is 2. The zero-order valence-corrected chi connectivity index (χ0v) is 10.7. The largest absolute Gasteiger partial charge is 0.406 e. The van der Waals surface area contributed by atoms with Crippen LogP contribution in [0, 0.1) is 0 Å². The summed E-state index contributed by atoms with van der Waals surface area (Å²) in [6, 6.07) is -1.08. The summed E-state index contributed by atoms with van der Waals surface area (Å²) in [6.07, 6.45) is -3.50. The Kier molecular flexibility index (Phi) is 3.63. The number of halogens is 4. The number of nitrogens with zero attached hydrogens (tertiary/aromatic N) is 2. The molecular formula is C10H9ClF3N3O3. The molecule has 0 spiro atoms. The molecule has 110 valence electrons. The Morgan fingerprint density at radius 1 is 1.35 bits per heavy atom. The lowest BCUT2D eigenvalue weighted by Crippen LogP contribution is -2.39. The molecule has 6 nitrogen and oxygen atoms in total. The number of likely N-dealkylation sites (tertiary alicyclic amines) is 1. The van der Waals surface area contributed by atoms with Crippen LogP contribution in [-0.2, 0) is 4.79 Å². The fourth-order valence-corrected chi connectivity index (χ4v) is 2.20. The van der Waals surface area contributed by atoms with E-state index in [0.717, 1.165) is 10.8 Å². The Balaban J connectivity index is 2.28. The molecule has 1 amide bonds. The second-order valence-electron chi connectivity index (χ2n) is 4.32. The first-order valence-electron chi connectivity index (χ1n) is 5.55. The molecule has 1 saturated heterocycles. The summed E-state index contributed by atoms with van der Waals surface area (Å²) < 4.78 is 37.7. The predicted octanol–water partition coefficient (Wildman–Crippen LogP) is 0.526. The number of hydrogen-bond acceptors (Lipinski definition) is 3. The van der Waals surface area contributed by atoms with Crippen LogP contribution in [0.1, 0.15) is 12.5 Å². The summed E-state index contributed by atoms with van der Waals surface area (Å²) >= 11 is 5.55. The Morgan fingerprint density at radius 3 is 2.60 bits per heavy atom. The van der Waals surface area contributed by atoms with Crippen LogP contribution in [0.5, 0.6) is 0 Å². The van der Waals surface area contributed by atoms with Crippen LogP contribution < -0.4 is 11.2 Å². The van der Waals surface area contributed by atoms with Gasteiger partial charge in [0.2, 0.25) is 5.91 Å². The summed E-state index contributed by atoms with van der Waals surface area (Å²) in [5, 5.41) is -0.313. The Hall–Kier alpha value is -1.77. The number of nitrogens with one attached hydrogen (secondary N) is 1. The van der Waals surface area contributed by atoms with E-state index in [2.05, 4.69) is 0 Å². The van der Waals surface area contributed by atoms with Gasteiger partial charge in [-0.3, -0.25) is 19.1 Å². The van der Waals surface area contributed by atoms with E-state index in [4.69, 9.17) is 11.6 Å². The van der Waals surface area contributed by atoms with E-state index < -0.39 is 35.9 Å². The second kappa shape index (κ2) is 4.97. The molecule has 1 aliphatic heterocycles. The van der Waals surface area contributed by atoms with Crippen LogP contribution in [-0.4, -0.2) is 39.6 Å². The molecular weight excluding hydrogens is 303 g/mol. The normalized spacial score (nSPS) is 19.7. The molecule has 1 fully saturated rings. The molecule has 0 saturated carbocycles. The maximum Gasteiger partial charge on any atom is 0.406 e. The van der Waals surface area contributed by atoms with Crippen molar-refractivity contribution in [3.63, 3.8) is 0 Å². The van der Waals surface area contributed by atoms with Crippen molar-refractivity contribution in [1.82, 2.24) is 14.5 Å². The summed E-state index contributed by atoms with van der Waals surface area (Å²) in [4.78, 5) is 37.0. The first-order valence-corrected chi connectivity index (χ1v) is 5.93. The number of carbonyl (C=O) groups excluding carboxylic acids is 1. The molecule has 10 heteroatoms. The average molecular weight is 312 g/mol. The first-order chi connectivity index (χ1) is 9.19. The van der Waals surface area contributed by atoms with Gasteiger partial charge in [0.05, 0.1) is 0 Å². The maximum atomic E-state index is 12.3. The van der Waals surface area contributed by atoms with Crippen LogP contribution in [0.15, 0.2) is 15.8 Å². The molecule has 1 unspecified atom stereocenters. The lowest BCUT2D eigenvalue weighted by atomic mass is 10.2. The number of H-pyrrole nitrogens is 1. The summed E-state index contributed by atoms with van der Waals surface area (Å²) in [6.45, 7) is -1.49. The zero-order valence-electron chi connectivity index (χ0n) is 9.91. The first kappa shape index (κ1) is 14.6. The average Bonchev–Trinajstić information content (AvgIpc) is 2.64. The quantitative estimate of drug-likeness (QED) is 0.865. The molecule has 0 aromatic carbocycles. The zero-order chi connectivity index (χ0) is 15.1. The van der Waals surface area contributed by atoms with E-state index in [-0.39, 0.29) is 18.0 Å². The molecule has 2 rings (SSSR count). The standard InChI is InChI=1S/C10H9ClF3N3O3/c11-5-3-17(9(20)15-7(5)18)6-1-2-16(8(6)19)4-10(12,13)14/h3,6H,1-2,4H2,(H,15,18,20). The van der Waals surface area contributed by atoms with Crippen molar-refractivity contribution in [3.8, 4) is 0 Å². The van der Waals surface area contributed by atoms with Gasteiger partial charge in [0, 0.05) is 12.7 Å². The highest BCUT2D eigenvalue weighted by atomic mass is 35.5. The number of rotatable bonds is 2. The van der Waals surface area contributed by atoms with E-state index in [1.54, 1.807) is 0 Å². The molecule has 20 heavy (non-hydrogen) atoms. The minimum Gasteiger partial charge on any atom is -0.332 e. The fraction of sp³-hybridized carbons (Fsp3) is 0.500. The van der Waals surface area contributed by atoms with Gasteiger partial charge in [-0.15, -0.1) is 0 Å². The molecule has 0 bridgehead atoms. The van der Waals surface area contributed by atoms with Crippen LogP contribution in [0.2, 0.25) is 5.02 Å². The highest BCUT2D eigenvalue weighted by Crippen LogP contribution is 2.26. The van der Waals surface area contributed by atoms with Gasteiger partial charge < -0.3 is 4.90 Å². The summed E-state index contributed by atoms with van der Waals surface area (Å²) in [5.41, 5.74) is -1.70. The van der Waals surface area contributed by atoms with Gasteiger partial charge in [0.25, 0.3) is 5.56 Å². The van der Waals surface area contributed by atoms with Crippen LogP contribution in [0.4, 0.5) is 13.2 Å². The van der Waals surface area contributed by atoms with E-state index in [0.29, 0.717) is 4.90 Å². The third-order valence-electron chi connectivity index (χ3n) is 2.90. The third kappa shape index (κ3) is 2.87. The number of alkyl halides is 3. The molecule has 1 aromatic heterocycles. The smallest absolute Gasteiger partial charge is 0.332 e. The van der Waals surface area contributed by atoms with E-state index in [1.165, 1.54) is 0 Å². The Morgan fingerprint density at radius 2 is 2.00 bits per heavy atom. The summed E-state index contributed by atoms with van der Waals surface area (Å²) in [5.74, 6) is -0.826. The highest BCUT2D eigenvalue weighted by molar-refractivity contribution is 6.30. The van der Waals surface area contributed by atoms with Crippen LogP contribution in [0.3, 0.4) is 0 Å². The van der Waals surface area contributed by atoms with Crippen molar-refractivity contribution >= 4 is 17.5 Å². The molecule has 2 heterocycles. The van der Waals surface area contributed by atoms with Gasteiger partial charge in [-0.05, 0) is 6.42 Å². The second-order valence-corrected chi connectivity index (χ2v) is 4.73. The maximum absolute atomic E-state index is 12.3. The lowest BCUT2D eigenvalue weighted by molar-refractivity contribution is -0.158. The molecule has 0 aliphatic carbocycles. The number of amides is 1. The Bertz CT molecular complexity index is 652. The van der Waals surface area contributed by atoms with Crippen LogP contribution >= 0.6 is 11.6 Å². The minimum absolute atomic E-state index is 0.0389. The number of aromatic amines is 1. The number of hydrogen-bond donors (Lipinski definition) is 1. The van der Waals surface area contributed by atoms with E-state index in [1.807, 2.05) is 4.98 Å². The minimum atomic E-state index is -4.50. The van der Waals surface area contributed by atoms with Gasteiger partial charge in [0.15, 0.2) is 0 Å². The van der Waals surface area contributed by atoms with Crippen molar-refractivity contribution in [1.29, 1.82) is 0 Å².